The maximum Gasteiger partial charge on any atom is 0.419 e. The molecule has 0 spiro atoms. The molecule has 1 saturated carbocycles. The number of alkyl halides is 3. The zero-order chi connectivity index (χ0) is 26.6. The number of benzene rings is 1. The monoisotopic (exact) mass is 519 g/mol. The molecule has 11 heteroatoms. The number of hydrogen-bond acceptors (Lipinski definition) is 6. The largest absolute Gasteiger partial charge is 0.481 e. The number of carboxylic acid groups (broad SMARTS) is 1. The van der Waals surface area contributed by atoms with E-state index in [0.29, 0.717) is 43.6 Å². The van der Waals surface area contributed by atoms with Gasteiger partial charge in [-0.1, -0.05) is 6.42 Å². The molecule has 2 aliphatic rings. The first-order valence-electron chi connectivity index (χ1n) is 12.6. The van der Waals surface area contributed by atoms with Gasteiger partial charge in [-0.05, 0) is 69.3 Å². The van der Waals surface area contributed by atoms with Crippen LogP contribution < -0.4 is 5.32 Å². The van der Waals surface area contributed by atoms with Gasteiger partial charge in [0.1, 0.15) is 0 Å². The van der Waals surface area contributed by atoms with Crippen molar-refractivity contribution in [1.82, 2.24) is 19.8 Å². The van der Waals surface area contributed by atoms with Gasteiger partial charge in [-0.2, -0.15) is 13.2 Å². The molecule has 200 valence electrons. The molecule has 2 N–H and O–H groups in total. The van der Waals surface area contributed by atoms with Crippen LogP contribution in [0.25, 0.3) is 0 Å². The zero-order valence-electron chi connectivity index (χ0n) is 20.8. The standard InChI is InChI=1S/C26H32F3N5O3/c1-33-12-14-34(15-13-33)23(35)18-8-10-19(11-9-18)31-25-30-16-21(26(27,28)29)22(32-25)7-3-5-17-4-2-6-20(17)24(36)37/h8-11,16-17,20H,2-7,12-15H2,1H3,(H,36,37)(H,30,31,32)/t17?,20-/m0/s1. The van der Waals surface area contributed by atoms with Crippen molar-refractivity contribution in [2.45, 2.75) is 44.7 Å². The van der Waals surface area contributed by atoms with Crippen LogP contribution in [0, 0.1) is 11.8 Å². The predicted octanol–water partition coefficient (Wildman–Crippen LogP) is 4.45. The second-order valence-electron chi connectivity index (χ2n) is 9.88. The van der Waals surface area contributed by atoms with Crippen molar-refractivity contribution >= 4 is 23.5 Å². The Bertz CT molecular complexity index is 1100. The fourth-order valence-corrected chi connectivity index (χ4v) is 5.16. The lowest BCUT2D eigenvalue weighted by Crippen LogP contribution is -2.47. The van der Waals surface area contributed by atoms with Gasteiger partial charge in [-0.3, -0.25) is 9.59 Å². The molecule has 1 aromatic carbocycles. The fourth-order valence-electron chi connectivity index (χ4n) is 5.16. The van der Waals surface area contributed by atoms with E-state index >= 15 is 0 Å². The van der Waals surface area contributed by atoms with Crippen molar-refractivity contribution in [2.75, 3.05) is 38.5 Å². The number of carboxylic acids is 1. The first-order valence-corrected chi connectivity index (χ1v) is 12.6. The summed E-state index contributed by atoms with van der Waals surface area (Å²) in [6, 6.07) is 6.70. The molecule has 2 fully saturated rings. The average Bonchev–Trinajstić information content (AvgIpc) is 3.33. The lowest BCUT2D eigenvalue weighted by molar-refractivity contribution is -0.143. The minimum absolute atomic E-state index is 0.0154. The molecule has 1 unspecified atom stereocenters. The second kappa shape index (κ2) is 11.5. The Balaban J connectivity index is 1.41. The summed E-state index contributed by atoms with van der Waals surface area (Å²) in [5, 5.41) is 12.3. The number of amides is 1. The molecule has 1 aliphatic heterocycles. The lowest BCUT2D eigenvalue weighted by Gasteiger charge is -2.32. The Labute approximate surface area is 213 Å². The Hall–Kier alpha value is -3.21. The number of nitrogens with one attached hydrogen (secondary N) is 1. The molecule has 2 aromatic rings. The molecule has 2 heterocycles. The number of anilines is 2. The van der Waals surface area contributed by atoms with Crippen LogP contribution in [0.15, 0.2) is 30.5 Å². The van der Waals surface area contributed by atoms with Crippen LogP contribution in [0.4, 0.5) is 24.8 Å². The van der Waals surface area contributed by atoms with Crippen LogP contribution >= 0.6 is 0 Å². The van der Waals surface area contributed by atoms with Gasteiger partial charge in [0.15, 0.2) is 0 Å². The van der Waals surface area contributed by atoms with Gasteiger partial charge in [0.25, 0.3) is 5.91 Å². The van der Waals surface area contributed by atoms with E-state index in [4.69, 9.17) is 0 Å². The van der Waals surface area contributed by atoms with Gasteiger partial charge in [0, 0.05) is 43.6 Å². The molecule has 1 saturated heterocycles. The van der Waals surface area contributed by atoms with Crippen molar-refractivity contribution in [3.8, 4) is 0 Å². The molecule has 0 bridgehead atoms. The summed E-state index contributed by atoms with van der Waals surface area (Å²) in [5.74, 6) is -1.29. The third kappa shape index (κ3) is 6.76. The molecule has 1 aromatic heterocycles. The highest BCUT2D eigenvalue weighted by atomic mass is 19.4. The van der Waals surface area contributed by atoms with Crippen molar-refractivity contribution in [1.29, 1.82) is 0 Å². The molecular weight excluding hydrogens is 487 g/mol. The number of halogens is 3. The summed E-state index contributed by atoms with van der Waals surface area (Å²) in [6.07, 6.45) is -0.533. The number of hydrogen-bond donors (Lipinski definition) is 2. The van der Waals surface area contributed by atoms with Crippen LogP contribution in [0.3, 0.4) is 0 Å². The summed E-state index contributed by atoms with van der Waals surface area (Å²) in [4.78, 5) is 36.1. The Kier molecular flexibility index (Phi) is 8.31. The Morgan fingerprint density at radius 1 is 1.11 bits per heavy atom. The van der Waals surface area contributed by atoms with Crippen LogP contribution in [0.1, 0.15) is 53.7 Å². The van der Waals surface area contributed by atoms with E-state index in [9.17, 15) is 27.9 Å². The van der Waals surface area contributed by atoms with E-state index in [2.05, 4.69) is 20.2 Å². The number of rotatable bonds is 8. The molecule has 0 radical (unpaired) electrons. The number of carbonyl (C=O) groups is 2. The quantitative estimate of drug-likeness (QED) is 0.532. The van der Waals surface area contributed by atoms with E-state index in [1.807, 2.05) is 7.05 Å². The highest BCUT2D eigenvalue weighted by Gasteiger charge is 2.36. The topological polar surface area (TPSA) is 98.7 Å². The number of carbonyl (C=O) groups excluding carboxylic acids is 1. The summed E-state index contributed by atoms with van der Waals surface area (Å²) >= 11 is 0. The second-order valence-corrected chi connectivity index (χ2v) is 9.88. The van der Waals surface area contributed by atoms with Gasteiger partial charge in [-0.25, -0.2) is 9.97 Å². The summed E-state index contributed by atoms with van der Waals surface area (Å²) < 4.78 is 40.7. The first-order chi connectivity index (χ1) is 17.6. The Morgan fingerprint density at radius 3 is 2.46 bits per heavy atom. The smallest absolute Gasteiger partial charge is 0.419 e. The summed E-state index contributed by atoms with van der Waals surface area (Å²) in [6.45, 7) is 2.96. The molecule has 1 aliphatic carbocycles. The third-order valence-corrected chi connectivity index (χ3v) is 7.32. The highest BCUT2D eigenvalue weighted by Crippen LogP contribution is 2.36. The van der Waals surface area contributed by atoms with Crippen molar-refractivity contribution in [2.24, 2.45) is 11.8 Å². The number of aliphatic carboxylic acids is 1. The lowest BCUT2D eigenvalue weighted by atomic mass is 9.90. The zero-order valence-corrected chi connectivity index (χ0v) is 20.8. The van der Waals surface area contributed by atoms with E-state index < -0.39 is 23.6 Å². The summed E-state index contributed by atoms with van der Waals surface area (Å²) in [5.41, 5.74) is 0.0933. The molecule has 37 heavy (non-hydrogen) atoms. The normalized spacial score (nSPS) is 20.7. The Morgan fingerprint density at radius 2 is 1.81 bits per heavy atom. The maximum absolute atomic E-state index is 13.6. The van der Waals surface area contributed by atoms with E-state index in [1.165, 1.54) is 0 Å². The molecule has 4 rings (SSSR count). The number of likely N-dealkylation sites (N-methyl/N-ethyl adjacent to an activating group) is 1. The van der Waals surface area contributed by atoms with Gasteiger partial charge in [0.2, 0.25) is 5.95 Å². The van der Waals surface area contributed by atoms with E-state index in [0.717, 1.165) is 32.1 Å². The molecule has 2 atom stereocenters. The van der Waals surface area contributed by atoms with Gasteiger partial charge in [-0.15, -0.1) is 0 Å². The molecule has 1 amide bonds. The first kappa shape index (κ1) is 26.8. The van der Waals surface area contributed by atoms with E-state index in [-0.39, 0.29) is 29.9 Å². The summed E-state index contributed by atoms with van der Waals surface area (Å²) in [7, 11) is 2.02. The van der Waals surface area contributed by atoms with Crippen LogP contribution in [-0.2, 0) is 17.4 Å². The predicted molar refractivity (Wildman–Crippen MR) is 132 cm³/mol. The van der Waals surface area contributed by atoms with Gasteiger partial charge < -0.3 is 20.2 Å². The van der Waals surface area contributed by atoms with Crippen LogP contribution in [-0.4, -0.2) is 70.0 Å². The van der Waals surface area contributed by atoms with Crippen molar-refractivity contribution in [3.05, 3.63) is 47.3 Å². The van der Waals surface area contributed by atoms with Crippen molar-refractivity contribution < 1.29 is 27.9 Å². The van der Waals surface area contributed by atoms with Crippen molar-refractivity contribution in [3.63, 3.8) is 0 Å². The fraction of sp³-hybridized carbons (Fsp3) is 0.538. The number of aromatic nitrogens is 2. The van der Waals surface area contributed by atoms with Gasteiger partial charge >= 0.3 is 12.1 Å². The maximum atomic E-state index is 13.6. The third-order valence-electron chi connectivity index (χ3n) is 7.32. The minimum Gasteiger partial charge on any atom is -0.481 e. The van der Waals surface area contributed by atoms with Crippen LogP contribution in [0.5, 0.6) is 0 Å². The van der Waals surface area contributed by atoms with Gasteiger partial charge in [0.05, 0.1) is 17.2 Å². The SMILES string of the molecule is CN1CCN(C(=O)c2ccc(Nc3ncc(C(F)(F)F)c(CCCC4CCC[C@@H]4C(=O)O)n3)cc2)CC1. The molecular formula is C26H32F3N5O3. The number of piperazine rings is 1. The van der Waals surface area contributed by atoms with Crippen LogP contribution in [0.2, 0.25) is 0 Å². The minimum atomic E-state index is -4.59. The average molecular weight is 520 g/mol. The number of nitrogens with zero attached hydrogens (tertiary/aromatic N) is 4. The molecule has 8 nitrogen and oxygen atoms in total. The number of aryl methyl sites for hydroxylation is 1. The highest BCUT2D eigenvalue weighted by molar-refractivity contribution is 5.94. The van der Waals surface area contributed by atoms with E-state index in [1.54, 1.807) is 29.2 Å².